The molecule has 4 aromatic rings. The molecule has 0 bridgehead atoms. The lowest BCUT2D eigenvalue weighted by Gasteiger charge is -2.11. The lowest BCUT2D eigenvalue weighted by atomic mass is 10.0. The summed E-state index contributed by atoms with van der Waals surface area (Å²) in [5.74, 6) is 0.809. The topological polar surface area (TPSA) is 81.4 Å². The monoisotopic (exact) mass is 445 g/mol. The van der Waals surface area contributed by atoms with E-state index in [1.807, 2.05) is 12.1 Å². The van der Waals surface area contributed by atoms with Crippen molar-refractivity contribution in [3.8, 4) is 28.3 Å². The van der Waals surface area contributed by atoms with E-state index in [0.717, 1.165) is 36.8 Å². The number of hydrogen-bond donors (Lipinski definition) is 1. The van der Waals surface area contributed by atoms with Crippen LogP contribution >= 0.6 is 0 Å². The number of imidazole rings is 1. The highest BCUT2D eigenvalue weighted by molar-refractivity contribution is 5.93. The molecule has 0 radical (unpaired) electrons. The van der Waals surface area contributed by atoms with Crippen LogP contribution in [0, 0.1) is 18.7 Å². The molecule has 0 atom stereocenters. The Kier molecular flexibility index (Phi) is 5.50. The molecule has 1 amide bonds. The van der Waals surface area contributed by atoms with Gasteiger partial charge in [0.25, 0.3) is 0 Å². The van der Waals surface area contributed by atoms with Gasteiger partial charge in [-0.1, -0.05) is 12.8 Å². The first kappa shape index (κ1) is 21.1. The molecule has 1 saturated carbocycles. The third-order valence-corrected chi connectivity index (χ3v) is 6.14. The van der Waals surface area contributed by atoms with Crippen LogP contribution in [0.1, 0.15) is 31.2 Å². The fraction of sp³-hybridized carbons (Fsp3) is 0.280. The molecule has 3 aromatic heterocycles. The summed E-state index contributed by atoms with van der Waals surface area (Å²) in [6.45, 7) is 1.72. The van der Waals surface area contributed by atoms with E-state index < -0.39 is 0 Å². The molecule has 0 spiro atoms. The van der Waals surface area contributed by atoms with Crippen LogP contribution in [0.25, 0.3) is 28.2 Å². The lowest BCUT2D eigenvalue weighted by Crippen LogP contribution is -2.20. The number of methoxy groups -OCH3 is 1. The average molecular weight is 445 g/mol. The van der Waals surface area contributed by atoms with Crippen molar-refractivity contribution in [1.82, 2.24) is 19.6 Å². The van der Waals surface area contributed by atoms with Crippen LogP contribution in [-0.4, -0.2) is 32.6 Å². The molecule has 7 nitrogen and oxygen atoms in total. The van der Waals surface area contributed by atoms with E-state index in [1.54, 1.807) is 49.1 Å². The quantitative estimate of drug-likeness (QED) is 0.465. The summed E-state index contributed by atoms with van der Waals surface area (Å²) < 4.78 is 21.1. The maximum Gasteiger partial charge on any atom is 0.228 e. The number of hydrogen-bond acceptors (Lipinski definition) is 5. The maximum absolute atomic E-state index is 14.0. The molecule has 0 unspecified atom stereocenters. The molecule has 8 heteroatoms. The molecule has 33 heavy (non-hydrogen) atoms. The first-order chi connectivity index (χ1) is 16.0. The number of halogens is 1. The number of pyridine rings is 1. The van der Waals surface area contributed by atoms with Gasteiger partial charge in [-0.15, -0.1) is 0 Å². The number of ether oxygens (including phenoxy) is 1. The van der Waals surface area contributed by atoms with E-state index in [0.29, 0.717) is 34.2 Å². The van der Waals surface area contributed by atoms with Crippen molar-refractivity contribution < 1.29 is 13.9 Å². The van der Waals surface area contributed by atoms with Gasteiger partial charge in [0.05, 0.1) is 19.0 Å². The second-order valence-corrected chi connectivity index (χ2v) is 8.31. The van der Waals surface area contributed by atoms with Crippen LogP contribution in [0.2, 0.25) is 0 Å². The van der Waals surface area contributed by atoms with Gasteiger partial charge in [0.2, 0.25) is 5.91 Å². The summed E-state index contributed by atoms with van der Waals surface area (Å²) in [7, 11) is 1.58. The number of nitrogens with zero attached hydrogens (tertiary/aromatic N) is 4. The van der Waals surface area contributed by atoms with Crippen LogP contribution in [0.15, 0.2) is 48.8 Å². The number of rotatable bonds is 5. The molecule has 1 fully saturated rings. The van der Waals surface area contributed by atoms with Gasteiger partial charge in [0, 0.05) is 29.3 Å². The Morgan fingerprint density at radius 1 is 1.12 bits per heavy atom. The molecule has 1 N–H and O–H groups in total. The minimum Gasteiger partial charge on any atom is -0.493 e. The highest BCUT2D eigenvalue weighted by Crippen LogP contribution is 2.36. The number of benzene rings is 1. The Hall–Kier alpha value is -3.81. The van der Waals surface area contributed by atoms with Crippen LogP contribution < -0.4 is 10.1 Å². The van der Waals surface area contributed by atoms with Crippen molar-refractivity contribution in [2.75, 3.05) is 12.4 Å². The molecular formula is C25H24FN5O2. The number of fused-ring (bicyclic) bond motifs is 1. The van der Waals surface area contributed by atoms with Crippen LogP contribution in [-0.2, 0) is 4.79 Å². The summed E-state index contributed by atoms with van der Waals surface area (Å²) in [4.78, 5) is 21.8. The molecular weight excluding hydrogens is 421 g/mol. The number of carbonyl (C=O) groups is 1. The average Bonchev–Trinajstić information content (AvgIpc) is 3.49. The van der Waals surface area contributed by atoms with Crippen molar-refractivity contribution in [2.45, 2.75) is 32.6 Å². The molecule has 1 aliphatic rings. The number of aromatic nitrogens is 4. The highest BCUT2D eigenvalue weighted by atomic mass is 19.1. The second kappa shape index (κ2) is 8.61. The molecule has 1 aliphatic carbocycles. The van der Waals surface area contributed by atoms with E-state index in [-0.39, 0.29) is 17.6 Å². The van der Waals surface area contributed by atoms with Crippen molar-refractivity contribution in [3.05, 3.63) is 60.2 Å². The zero-order chi connectivity index (χ0) is 22.9. The Morgan fingerprint density at radius 2 is 1.94 bits per heavy atom. The van der Waals surface area contributed by atoms with Crippen molar-refractivity contribution in [2.24, 2.45) is 5.92 Å². The lowest BCUT2D eigenvalue weighted by molar-refractivity contribution is -0.119. The third-order valence-electron chi connectivity index (χ3n) is 6.14. The van der Waals surface area contributed by atoms with Gasteiger partial charge in [0.1, 0.15) is 17.3 Å². The molecule has 0 aliphatic heterocycles. The molecule has 5 rings (SSSR count). The fourth-order valence-corrected chi connectivity index (χ4v) is 4.40. The van der Waals surface area contributed by atoms with Gasteiger partial charge in [-0.2, -0.15) is 5.10 Å². The van der Waals surface area contributed by atoms with Crippen molar-refractivity contribution >= 4 is 17.4 Å². The number of anilines is 1. The maximum atomic E-state index is 14.0. The van der Waals surface area contributed by atoms with E-state index >= 15 is 0 Å². The van der Waals surface area contributed by atoms with E-state index in [4.69, 9.17) is 9.72 Å². The van der Waals surface area contributed by atoms with Crippen LogP contribution in [0.3, 0.4) is 0 Å². The van der Waals surface area contributed by atoms with Crippen LogP contribution in [0.4, 0.5) is 10.2 Å². The van der Waals surface area contributed by atoms with Crippen LogP contribution in [0.5, 0.6) is 5.75 Å². The summed E-state index contributed by atoms with van der Waals surface area (Å²) >= 11 is 0. The fourth-order valence-electron chi connectivity index (χ4n) is 4.40. The predicted octanol–water partition coefficient (Wildman–Crippen LogP) is 5.04. The summed E-state index contributed by atoms with van der Waals surface area (Å²) in [6.07, 6.45) is 7.29. The smallest absolute Gasteiger partial charge is 0.228 e. The number of aryl methyl sites for hydroxylation is 1. The van der Waals surface area contributed by atoms with Gasteiger partial charge in [-0.3, -0.25) is 4.79 Å². The molecule has 1 aromatic carbocycles. The highest BCUT2D eigenvalue weighted by Gasteiger charge is 2.24. The zero-order valence-corrected chi connectivity index (χ0v) is 18.5. The number of nitrogens with one attached hydrogen (secondary N) is 1. The SMILES string of the molecule is COc1ccnn2c(-c3ccnc(NC(=O)C4CCCC4)c3)c(-c3ccc(F)c(C)c3)nc12. The van der Waals surface area contributed by atoms with Gasteiger partial charge in [0.15, 0.2) is 11.4 Å². The zero-order valence-electron chi connectivity index (χ0n) is 18.5. The Labute approximate surface area is 190 Å². The van der Waals surface area contributed by atoms with Gasteiger partial charge >= 0.3 is 0 Å². The van der Waals surface area contributed by atoms with Crippen molar-refractivity contribution in [3.63, 3.8) is 0 Å². The summed E-state index contributed by atoms with van der Waals surface area (Å²) in [6, 6.07) is 10.3. The normalized spacial score (nSPS) is 14.0. The number of carbonyl (C=O) groups excluding carboxylic acids is 1. The Morgan fingerprint density at radius 3 is 2.70 bits per heavy atom. The third kappa shape index (κ3) is 3.92. The second-order valence-electron chi connectivity index (χ2n) is 8.31. The van der Waals surface area contributed by atoms with Gasteiger partial charge in [-0.25, -0.2) is 18.9 Å². The van der Waals surface area contributed by atoms with Gasteiger partial charge in [-0.05, 0) is 55.7 Å². The van der Waals surface area contributed by atoms with Crippen molar-refractivity contribution in [1.29, 1.82) is 0 Å². The standard InChI is InChI=1S/C25H24FN5O2/c1-15-13-17(7-8-19(15)26)22-23(31-24(30-22)20(33-2)10-12-28-31)18-9-11-27-21(14-18)29-25(32)16-5-3-4-6-16/h7-14,16H,3-6H2,1-2H3,(H,27,29,32). The minimum absolute atomic E-state index is 0.00414. The molecule has 168 valence electrons. The van der Waals surface area contributed by atoms with E-state index in [2.05, 4.69) is 15.4 Å². The number of amides is 1. The first-order valence-electron chi connectivity index (χ1n) is 11.0. The first-order valence-corrected chi connectivity index (χ1v) is 11.0. The Balaban J connectivity index is 1.64. The Bertz CT molecular complexity index is 1340. The minimum atomic E-state index is -0.277. The largest absolute Gasteiger partial charge is 0.493 e. The summed E-state index contributed by atoms with van der Waals surface area (Å²) in [5, 5.41) is 7.46. The predicted molar refractivity (Wildman–Crippen MR) is 123 cm³/mol. The van der Waals surface area contributed by atoms with E-state index in [9.17, 15) is 9.18 Å². The molecule has 0 saturated heterocycles. The molecule has 3 heterocycles. The summed E-state index contributed by atoms with van der Waals surface area (Å²) in [5.41, 5.74) is 3.93. The van der Waals surface area contributed by atoms with Gasteiger partial charge < -0.3 is 10.1 Å². The van der Waals surface area contributed by atoms with E-state index in [1.165, 1.54) is 6.07 Å².